The summed E-state index contributed by atoms with van der Waals surface area (Å²) in [6, 6.07) is 25.2. The molecule has 4 heterocycles. The molecule has 3 aromatic carbocycles. The van der Waals surface area contributed by atoms with Gasteiger partial charge in [0.2, 0.25) is 5.91 Å². The fraction of sp³-hybridized carbons (Fsp3) is 0.409. The van der Waals surface area contributed by atoms with Crippen molar-refractivity contribution in [3.8, 4) is 17.2 Å². The molecule has 0 radical (unpaired) electrons. The maximum atomic E-state index is 13.4. The molecule has 0 bridgehead atoms. The van der Waals surface area contributed by atoms with Crippen LogP contribution in [0.2, 0.25) is 0 Å². The van der Waals surface area contributed by atoms with Crippen LogP contribution in [-0.2, 0) is 16.6 Å². The molecule has 0 spiro atoms. The predicted octanol–water partition coefficient (Wildman–Crippen LogP) is 7.25. The molecule has 12 heteroatoms. The lowest BCUT2D eigenvalue weighted by molar-refractivity contribution is -0.121. The number of ether oxygens (including phenoxy) is 1. The molecule has 2 saturated heterocycles. The van der Waals surface area contributed by atoms with E-state index >= 15 is 0 Å². The number of amides is 3. The Hall–Kier alpha value is -5.30. The van der Waals surface area contributed by atoms with E-state index in [1.165, 1.54) is 25.9 Å². The summed E-state index contributed by atoms with van der Waals surface area (Å²) in [6.07, 6.45) is 6.10. The van der Waals surface area contributed by atoms with Gasteiger partial charge >= 0.3 is 6.03 Å². The van der Waals surface area contributed by atoms with Gasteiger partial charge in [-0.15, -0.1) is 0 Å². The Labute approximate surface area is 330 Å². The van der Waals surface area contributed by atoms with Crippen LogP contribution in [0.15, 0.2) is 85.1 Å². The molecule has 5 N–H and O–H groups in total. The standard InChI is InChI=1S/C38H43N7O3.C6H14N2/c1-25-10-12-28(13-11-25)45-35(24-34(43-45)38(2,3)4)42-37(47)41-32-14-15-33(31-9-7-6-8-30(31)32)48-29-16-19-39-27(22-29)23-36(46)40-26-17-20-44(5)21-18-26;1-8-4-2-6(7)3-5-8/h6-16,19,22,24,26H,17-18,20-21,23H2,1-5H3,(H,40,46)(H2,41,42,47);6H,2-5,7H2,1H3. The van der Waals surface area contributed by atoms with Crippen LogP contribution in [0.4, 0.5) is 16.3 Å². The highest BCUT2D eigenvalue weighted by atomic mass is 16.5. The molecule has 56 heavy (non-hydrogen) atoms. The van der Waals surface area contributed by atoms with Crippen LogP contribution in [-0.4, -0.2) is 88.9 Å². The highest BCUT2D eigenvalue weighted by Gasteiger charge is 2.23. The van der Waals surface area contributed by atoms with Crippen molar-refractivity contribution in [3.05, 3.63) is 102 Å². The number of urea groups is 1. The topological polar surface area (TPSA) is 143 Å². The van der Waals surface area contributed by atoms with Gasteiger partial charge < -0.3 is 30.9 Å². The lowest BCUT2D eigenvalue weighted by Gasteiger charge is -2.29. The number of nitrogens with one attached hydrogen (secondary N) is 3. The van der Waals surface area contributed by atoms with Crippen molar-refractivity contribution in [1.82, 2.24) is 29.9 Å². The number of nitrogens with zero attached hydrogens (tertiary/aromatic N) is 5. The fourth-order valence-electron chi connectivity index (χ4n) is 6.83. The van der Waals surface area contributed by atoms with Crippen LogP contribution in [0.3, 0.4) is 0 Å². The second kappa shape index (κ2) is 18.1. The first-order chi connectivity index (χ1) is 26.8. The largest absolute Gasteiger partial charge is 0.457 e. The number of nitrogens with two attached hydrogens (primary N) is 1. The first kappa shape index (κ1) is 40.4. The summed E-state index contributed by atoms with van der Waals surface area (Å²) in [7, 11) is 4.25. The molecule has 3 amide bonds. The van der Waals surface area contributed by atoms with Crippen molar-refractivity contribution in [2.75, 3.05) is 50.9 Å². The van der Waals surface area contributed by atoms with E-state index in [2.05, 4.69) is 65.6 Å². The Kier molecular flexibility index (Phi) is 13.0. The summed E-state index contributed by atoms with van der Waals surface area (Å²) in [5.74, 6) is 1.73. The van der Waals surface area contributed by atoms with Gasteiger partial charge in [-0.1, -0.05) is 62.7 Å². The average molecular weight is 760 g/mol. The Balaban J connectivity index is 0.000000592. The van der Waals surface area contributed by atoms with Gasteiger partial charge in [0, 0.05) is 46.6 Å². The van der Waals surface area contributed by atoms with Gasteiger partial charge in [-0.25, -0.2) is 9.48 Å². The van der Waals surface area contributed by atoms with Gasteiger partial charge in [-0.2, -0.15) is 5.10 Å². The zero-order chi connectivity index (χ0) is 39.8. The molecule has 0 saturated carbocycles. The summed E-state index contributed by atoms with van der Waals surface area (Å²) in [4.78, 5) is 35.2. The molecular formula is C44H57N9O3. The Bertz CT molecular complexity index is 2080. The molecule has 0 atom stereocenters. The lowest BCUT2D eigenvalue weighted by Crippen LogP contribution is -2.43. The SMILES string of the molecule is CN1CCC(N)CC1.Cc1ccc(-n2nc(C(C)(C)C)cc2NC(=O)Nc2ccc(Oc3ccnc(CC(=O)NC4CCN(C)CC4)c3)c3ccccc23)cc1. The van der Waals surface area contributed by atoms with Gasteiger partial charge in [0.1, 0.15) is 17.3 Å². The van der Waals surface area contributed by atoms with E-state index in [4.69, 9.17) is 15.6 Å². The van der Waals surface area contributed by atoms with Gasteiger partial charge in [0.05, 0.1) is 29.2 Å². The maximum Gasteiger partial charge on any atom is 0.324 e. The number of fused-ring (bicyclic) bond motifs is 1. The number of carbonyl (C=O) groups excluding carboxylic acids is 2. The molecule has 7 rings (SSSR count). The van der Waals surface area contributed by atoms with Gasteiger partial charge in [0.25, 0.3) is 0 Å². The molecule has 12 nitrogen and oxygen atoms in total. The number of hydrogen-bond donors (Lipinski definition) is 4. The van der Waals surface area contributed by atoms with Crippen LogP contribution in [0.5, 0.6) is 11.5 Å². The number of carbonyl (C=O) groups is 2. The fourth-order valence-corrected chi connectivity index (χ4v) is 6.83. The summed E-state index contributed by atoms with van der Waals surface area (Å²) in [5.41, 5.74) is 9.60. The second-order valence-corrected chi connectivity index (χ2v) is 16.2. The quantitative estimate of drug-likeness (QED) is 0.130. The number of aromatic nitrogens is 3. The van der Waals surface area contributed by atoms with Crippen LogP contribution in [0.1, 0.15) is 63.4 Å². The number of rotatable bonds is 8. The summed E-state index contributed by atoms with van der Waals surface area (Å²) >= 11 is 0. The van der Waals surface area contributed by atoms with Crippen molar-refractivity contribution >= 4 is 34.2 Å². The summed E-state index contributed by atoms with van der Waals surface area (Å²) < 4.78 is 8.08. The van der Waals surface area contributed by atoms with Gasteiger partial charge in [0.15, 0.2) is 0 Å². The van der Waals surface area contributed by atoms with Crippen molar-refractivity contribution in [1.29, 1.82) is 0 Å². The normalized spacial score (nSPS) is 15.8. The van der Waals surface area contributed by atoms with Crippen molar-refractivity contribution in [2.45, 2.75) is 77.3 Å². The second-order valence-electron chi connectivity index (χ2n) is 16.2. The number of benzene rings is 3. The third-order valence-electron chi connectivity index (χ3n) is 10.3. The Morgan fingerprint density at radius 3 is 2.16 bits per heavy atom. The van der Waals surface area contributed by atoms with Crippen LogP contribution in [0.25, 0.3) is 16.5 Å². The number of likely N-dealkylation sites (tertiary alicyclic amines) is 2. The molecule has 2 aliphatic heterocycles. The zero-order valence-electron chi connectivity index (χ0n) is 33.6. The number of aryl methyl sites for hydroxylation is 1. The lowest BCUT2D eigenvalue weighted by atomic mass is 9.92. The van der Waals surface area contributed by atoms with E-state index in [1.54, 1.807) is 23.0 Å². The Morgan fingerprint density at radius 2 is 1.50 bits per heavy atom. The molecule has 5 aromatic rings. The monoisotopic (exact) mass is 759 g/mol. The van der Waals surface area contributed by atoms with Crippen LogP contribution >= 0.6 is 0 Å². The van der Waals surface area contributed by atoms with E-state index in [9.17, 15) is 9.59 Å². The highest BCUT2D eigenvalue weighted by molar-refractivity contribution is 6.07. The minimum atomic E-state index is -0.389. The summed E-state index contributed by atoms with van der Waals surface area (Å²) in [5, 5.41) is 15.7. The minimum absolute atomic E-state index is 0.0371. The maximum absolute atomic E-state index is 13.4. The third-order valence-corrected chi connectivity index (χ3v) is 10.3. The van der Waals surface area contributed by atoms with E-state index < -0.39 is 0 Å². The average Bonchev–Trinajstić information content (AvgIpc) is 3.60. The minimum Gasteiger partial charge on any atom is -0.457 e. The highest BCUT2D eigenvalue weighted by Crippen LogP contribution is 2.35. The predicted molar refractivity (Wildman–Crippen MR) is 225 cm³/mol. The van der Waals surface area contributed by atoms with Gasteiger partial charge in [-0.3, -0.25) is 15.1 Å². The van der Waals surface area contributed by atoms with Crippen molar-refractivity contribution in [3.63, 3.8) is 0 Å². The van der Waals surface area contributed by atoms with E-state index in [-0.39, 0.29) is 29.8 Å². The van der Waals surface area contributed by atoms with Crippen LogP contribution < -0.4 is 26.4 Å². The van der Waals surface area contributed by atoms with Crippen molar-refractivity contribution < 1.29 is 14.3 Å². The van der Waals surface area contributed by atoms with Crippen molar-refractivity contribution in [2.24, 2.45) is 5.73 Å². The first-order valence-electron chi connectivity index (χ1n) is 19.6. The Morgan fingerprint density at radius 1 is 0.839 bits per heavy atom. The first-order valence-corrected chi connectivity index (χ1v) is 19.6. The van der Waals surface area contributed by atoms with E-state index in [1.807, 2.05) is 73.7 Å². The van der Waals surface area contributed by atoms with E-state index in [0.29, 0.717) is 34.7 Å². The number of hydrogen-bond acceptors (Lipinski definition) is 8. The zero-order valence-corrected chi connectivity index (χ0v) is 33.6. The summed E-state index contributed by atoms with van der Waals surface area (Å²) in [6.45, 7) is 12.6. The number of pyridine rings is 1. The third kappa shape index (κ3) is 10.9. The molecule has 0 unspecified atom stereocenters. The van der Waals surface area contributed by atoms with Crippen LogP contribution in [0, 0.1) is 6.92 Å². The molecule has 2 fully saturated rings. The molecule has 2 aromatic heterocycles. The van der Waals surface area contributed by atoms with E-state index in [0.717, 1.165) is 53.6 Å². The van der Waals surface area contributed by atoms with Gasteiger partial charge in [-0.05, 0) is 103 Å². The number of anilines is 2. The molecular weight excluding hydrogens is 703 g/mol. The smallest absolute Gasteiger partial charge is 0.324 e. The number of piperidine rings is 2. The molecule has 2 aliphatic rings. The molecule has 0 aliphatic carbocycles. The molecule has 296 valence electrons.